The van der Waals surface area contributed by atoms with Crippen molar-refractivity contribution in [1.29, 1.82) is 0 Å². The minimum absolute atomic E-state index is 0.0962. The minimum Gasteiger partial charge on any atom is -0.472 e. The Morgan fingerprint density at radius 3 is 2.48 bits per heavy atom. The number of rotatable bonds is 3. The highest BCUT2D eigenvalue weighted by atomic mass is 35.5. The second-order valence-corrected chi connectivity index (χ2v) is 5.12. The van der Waals surface area contributed by atoms with Gasteiger partial charge in [0.1, 0.15) is 18.8 Å². The number of hydrogen-bond donors (Lipinski definition) is 0. The minimum atomic E-state index is -0.437. The lowest BCUT2D eigenvalue weighted by Gasteiger charge is -2.10. The zero-order valence-electron chi connectivity index (χ0n) is 10.7. The van der Waals surface area contributed by atoms with Crippen LogP contribution in [0.1, 0.15) is 5.56 Å². The Hall–Kier alpha value is -1.91. The summed E-state index contributed by atoms with van der Waals surface area (Å²) in [6.45, 7) is 0.0962. The number of benzene rings is 2. The molecule has 0 spiro atoms. The molecule has 0 radical (unpaired) electrons. The predicted molar refractivity (Wildman–Crippen MR) is 80.3 cm³/mol. The van der Waals surface area contributed by atoms with Crippen molar-refractivity contribution in [3.05, 3.63) is 64.2 Å². The molecule has 1 heterocycles. The van der Waals surface area contributed by atoms with Gasteiger partial charge in [0.2, 0.25) is 5.88 Å². The lowest BCUT2D eigenvalue weighted by molar-refractivity contribution is 0.297. The molecule has 0 amide bonds. The molecule has 0 aliphatic carbocycles. The number of halogens is 3. The lowest BCUT2D eigenvalue weighted by atomic mass is 10.2. The van der Waals surface area contributed by atoms with Gasteiger partial charge in [0.25, 0.3) is 0 Å². The fourth-order valence-corrected chi connectivity index (χ4v) is 2.47. The molecule has 21 heavy (non-hydrogen) atoms. The largest absolute Gasteiger partial charge is 0.472 e. The third kappa shape index (κ3) is 2.77. The van der Waals surface area contributed by atoms with Crippen molar-refractivity contribution in [1.82, 2.24) is 9.97 Å². The second-order valence-electron chi connectivity index (χ2n) is 4.30. The molecule has 6 heteroatoms. The van der Waals surface area contributed by atoms with E-state index in [1.54, 1.807) is 30.3 Å². The number of ether oxygens (including phenoxy) is 1. The van der Waals surface area contributed by atoms with Crippen LogP contribution >= 0.6 is 23.2 Å². The summed E-state index contributed by atoms with van der Waals surface area (Å²) in [5.41, 5.74) is 1.11. The fraction of sp³-hybridized carbons (Fsp3) is 0.0667. The molecule has 0 aliphatic rings. The topological polar surface area (TPSA) is 35.0 Å². The Kier molecular flexibility index (Phi) is 3.90. The van der Waals surface area contributed by atoms with Crippen LogP contribution in [0.2, 0.25) is 10.0 Å². The summed E-state index contributed by atoms with van der Waals surface area (Å²) < 4.78 is 19.5. The van der Waals surface area contributed by atoms with Gasteiger partial charge in [-0.2, -0.15) is 0 Å². The third-order valence-electron chi connectivity index (χ3n) is 2.99. The van der Waals surface area contributed by atoms with E-state index in [4.69, 9.17) is 27.9 Å². The molecule has 0 fully saturated rings. The first kappa shape index (κ1) is 14.0. The number of nitrogens with zero attached hydrogens (tertiary/aromatic N) is 2. The van der Waals surface area contributed by atoms with Gasteiger partial charge in [-0.25, -0.2) is 14.4 Å². The monoisotopic (exact) mass is 322 g/mol. The van der Waals surface area contributed by atoms with E-state index >= 15 is 0 Å². The standard InChI is InChI=1S/C15H9Cl2FN2O/c16-10-3-1-4-11(17)9(10)7-21-15-14-12(18)5-2-6-13(14)19-8-20-15/h1-6,8H,7H2. The van der Waals surface area contributed by atoms with Gasteiger partial charge >= 0.3 is 0 Å². The maximum atomic E-state index is 13.9. The number of aromatic nitrogens is 2. The van der Waals surface area contributed by atoms with Gasteiger partial charge in [-0.1, -0.05) is 35.3 Å². The van der Waals surface area contributed by atoms with Gasteiger partial charge in [-0.15, -0.1) is 0 Å². The van der Waals surface area contributed by atoms with Crippen LogP contribution in [-0.4, -0.2) is 9.97 Å². The molecule has 0 unspecified atom stereocenters. The molecule has 2 aromatic carbocycles. The van der Waals surface area contributed by atoms with E-state index in [1.165, 1.54) is 12.4 Å². The predicted octanol–water partition coefficient (Wildman–Crippen LogP) is 4.65. The molecular formula is C15H9Cl2FN2O. The maximum Gasteiger partial charge on any atom is 0.227 e. The van der Waals surface area contributed by atoms with Gasteiger partial charge in [-0.05, 0) is 24.3 Å². The zero-order valence-corrected chi connectivity index (χ0v) is 12.2. The summed E-state index contributed by atoms with van der Waals surface area (Å²) in [5.74, 6) is -0.276. The highest BCUT2D eigenvalue weighted by molar-refractivity contribution is 6.35. The molecule has 0 N–H and O–H groups in total. The van der Waals surface area contributed by atoms with Crippen LogP contribution in [0.25, 0.3) is 10.9 Å². The average molecular weight is 323 g/mol. The van der Waals surface area contributed by atoms with Crippen molar-refractivity contribution < 1.29 is 9.13 Å². The molecular weight excluding hydrogens is 314 g/mol. The SMILES string of the molecule is Fc1cccc2ncnc(OCc3c(Cl)cccc3Cl)c12. The van der Waals surface area contributed by atoms with Crippen molar-refractivity contribution in [2.75, 3.05) is 0 Å². The van der Waals surface area contributed by atoms with Crippen LogP contribution in [0.3, 0.4) is 0 Å². The molecule has 0 atom stereocenters. The molecule has 1 aromatic heterocycles. The van der Waals surface area contributed by atoms with E-state index in [0.29, 0.717) is 21.1 Å². The molecule has 0 saturated carbocycles. The van der Waals surface area contributed by atoms with Crippen molar-refractivity contribution >= 4 is 34.1 Å². The van der Waals surface area contributed by atoms with Gasteiger partial charge in [0.15, 0.2) is 0 Å². The van der Waals surface area contributed by atoms with E-state index in [2.05, 4.69) is 9.97 Å². The Morgan fingerprint density at radius 1 is 1.00 bits per heavy atom. The zero-order chi connectivity index (χ0) is 14.8. The van der Waals surface area contributed by atoms with Gasteiger partial charge in [0, 0.05) is 15.6 Å². The molecule has 106 valence electrons. The van der Waals surface area contributed by atoms with E-state index < -0.39 is 5.82 Å². The third-order valence-corrected chi connectivity index (χ3v) is 3.70. The van der Waals surface area contributed by atoms with E-state index in [0.717, 1.165) is 0 Å². The maximum absolute atomic E-state index is 13.9. The smallest absolute Gasteiger partial charge is 0.227 e. The fourth-order valence-electron chi connectivity index (χ4n) is 1.96. The summed E-state index contributed by atoms with van der Waals surface area (Å²) in [7, 11) is 0. The summed E-state index contributed by atoms with van der Waals surface area (Å²) >= 11 is 12.1. The van der Waals surface area contributed by atoms with Crippen molar-refractivity contribution in [3.8, 4) is 5.88 Å². The normalized spacial score (nSPS) is 10.8. The molecule has 0 saturated heterocycles. The first-order chi connectivity index (χ1) is 10.2. The first-order valence-electron chi connectivity index (χ1n) is 6.11. The van der Waals surface area contributed by atoms with Crippen LogP contribution in [0.15, 0.2) is 42.7 Å². The summed E-state index contributed by atoms with van der Waals surface area (Å²) in [6.07, 6.45) is 1.32. The van der Waals surface area contributed by atoms with Crippen LogP contribution in [0, 0.1) is 5.82 Å². The van der Waals surface area contributed by atoms with Crippen molar-refractivity contribution in [3.63, 3.8) is 0 Å². The highest BCUT2D eigenvalue weighted by Crippen LogP contribution is 2.28. The van der Waals surface area contributed by atoms with Crippen LogP contribution in [0.4, 0.5) is 4.39 Å². The summed E-state index contributed by atoms with van der Waals surface area (Å²) in [5, 5.41) is 1.21. The molecule has 0 bridgehead atoms. The molecule has 3 aromatic rings. The van der Waals surface area contributed by atoms with E-state index in [9.17, 15) is 4.39 Å². The number of fused-ring (bicyclic) bond motifs is 1. The molecule has 0 aliphatic heterocycles. The van der Waals surface area contributed by atoms with Gasteiger partial charge < -0.3 is 4.74 Å². The van der Waals surface area contributed by atoms with E-state index in [-0.39, 0.29) is 17.9 Å². The highest BCUT2D eigenvalue weighted by Gasteiger charge is 2.12. The number of hydrogen-bond acceptors (Lipinski definition) is 3. The Bertz CT molecular complexity index is 785. The first-order valence-corrected chi connectivity index (χ1v) is 6.87. The Labute approximate surface area is 130 Å². The lowest BCUT2D eigenvalue weighted by Crippen LogP contribution is -2.01. The van der Waals surface area contributed by atoms with Crippen molar-refractivity contribution in [2.45, 2.75) is 6.61 Å². The molecule has 3 nitrogen and oxygen atoms in total. The quantitative estimate of drug-likeness (QED) is 0.703. The summed E-state index contributed by atoms with van der Waals surface area (Å²) in [6, 6.07) is 9.78. The van der Waals surface area contributed by atoms with Crippen molar-refractivity contribution in [2.24, 2.45) is 0 Å². The van der Waals surface area contributed by atoms with Crippen LogP contribution < -0.4 is 4.74 Å². The van der Waals surface area contributed by atoms with Crippen LogP contribution in [0.5, 0.6) is 5.88 Å². The average Bonchev–Trinajstić information content (AvgIpc) is 2.47. The second kappa shape index (κ2) is 5.84. The van der Waals surface area contributed by atoms with Crippen LogP contribution in [-0.2, 0) is 6.61 Å². The summed E-state index contributed by atoms with van der Waals surface area (Å²) in [4.78, 5) is 7.99. The van der Waals surface area contributed by atoms with Gasteiger partial charge in [-0.3, -0.25) is 0 Å². The Morgan fingerprint density at radius 2 is 1.71 bits per heavy atom. The van der Waals surface area contributed by atoms with Gasteiger partial charge in [0.05, 0.1) is 10.9 Å². The Balaban J connectivity index is 1.96. The van der Waals surface area contributed by atoms with E-state index in [1.807, 2.05) is 0 Å². The molecule has 3 rings (SSSR count).